The van der Waals surface area contributed by atoms with Gasteiger partial charge in [0.1, 0.15) is 24.4 Å². The first-order valence-electron chi connectivity index (χ1n) is 8.42. The summed E-state index contributed by atoms with van der Waals surface area (Å²) in [5, 5.41) is 13.5. The summed E-state index contributed by atoms with van der Waals surface area (Å²) in [7, 11) is 0. The highest BCUT2D eigenvalue weighted by Crippen LogP contribution is 2.27. The highest BCUT2D eigenvalue weighted by Gasteiger charge is 2.27. The summed E-state index contributed by atoms with van der Waals surface area (Å²) in [6.07, 6.45) is 2.48. The van der Waals surface area contributed by atoms with Gasteiger partial charge in [-0.2, -0.15) is 0 Å². The second-order valence-electron chi connectivity index (χ2n) is 6.79. The third-order valence-electron chi connectivity index (χ3n) is 4.16. The smallest absolute Gasteiger partial charge is 0.250 e. The number of nitrogens with zero attached hydrogens (tertiary/aromatic N) is 3. The largest absolute Gasteiger partial charge is 0.473 e. The van der Waals surface area contributed by atoms with Gasteiger partial charge in [0.05, 0.1) is 35.3 Å². The minimum atomic E-state index is -0.788. The molecule has 1 amide bonds. The van der Waals surface area contributed by atoms with Crippen molar-refractivity contribution in [2.24, 2.45) is 5.73 Å². The number of aromatic nitrogens is 3. The standard InChI is InChI=1S/C19H19FN4O4/c1-19(2,10-25)17-13(18(21)26)4-6-15(23-17)27-8-11-9-28-24-16(11)14-5-3-12(20)7-22-14/h3-7,9,25H,8,10H2,1-2H3,(H2,21,26). The van der Waals surface area contributed by atoms with Crippen molar-refractivity contribution in [2.75, 3.05) is 6.61 Å². The van der Waals surface area contributed by atoms with E-state index in [2.05, 4.69) is 15.1 Å². The lowest BCUT2D eigenvalue weighted by Crippen LogP contribution is -2.28. The Hall–Kier alpha value is -3.33. The van der Waals surface area contributed by atoms with E-state index in [1.807, 2.05) is 0 Å². The fourth-order valence-electron chi connectivity index (χ4n) is 2.55. The molecule has 0 fully saturated rings. The molecule has 8 nitrogen and oxygen atoms in total. The van der Waals surface area contributed by atoms with Crippen LogP contribution in [0.3, 0.4) is 0 Å². The zero-order chi connectivity index (χ0) is 20.3. The van der Waals surface area contributed by atoms with Crippen molar-refractivity contribution in [2.45, 2.75) is 25.9 Å². The predicted molar refractivity (Wildman–Crippen MR) is 96.9 cm³/mol. The summed E-state index contributed by atoms with van der Waals surface area (Å²) in [6, 6.07) is 5.78. The van der Waals surface area contributed by atoms with Crippen molar-refractivity contribution in [3.63, 3.8) is 0 Å². The molecule has 3 heterocycles. The van der Waals surface area contributed by atoms with Crippen LogP contribution in [0.25, 0.3) is 11.4 Å². The zero-order valence-corrected chi connectivity index (χ0v) is 15.3. The second kappa shape index (κ2) is 7.73. The van der Waals surface area contributed by atoms with Crippen molar-refractivity contribution < 1.29 is 23.6 Å². The number of aliphatic hydroxyl groups excluding tert-OH is 1. The fraction of sp³-hybridized carbons (Fsp3) is 0.263. The fourth-order valence-corrected chi connectivity index (χ4v) is 2.55. The number of primary amides is 1. The summed E-state index contributed by atoms with van der Waals surface area (Å²) in [4.78, 5) is 20.0. The van der Waals surface area contributed by atoms with E-state index in [9.17, 15) is 14.3 Å². The van der Waals surface area contributed by atoms with Crippen LogP contribution in [-0.2, 0) is 12.0 Å². The first-order valence-corrected chi connectivity index (χ1v) is 8.42. The number of amides is 1. The molecule has 0 spiro atoms. The van der Waals surface area contributed by atoms with Crippen molar-refractivity contribution in [3.05, 3.63) is 59.4 Å². The highest BCUT2D eigenvalue weighted by atomic mass is 19.1. The lowest BCUT2D eigenvalue weighted by Gasteiger charge is -2.23. The quantitative estimate of drug-likeness (QED) is 0.638. The molecule has 0 aliphatic heterocycles. The van der Waals surface area contributed by atoms with Gasteiger partial charge >= 0.3 is 0 Å². The van der Waals surface area contributed by atoms with E-state index in [-0.39, 0.29) is 24.7 Å². The van der Waals surface area contributed by atoms with Gasteiger partial charge in [0, 0.05) is 11.5 Å². The number of aliphatic hydroxyl groups is 1. The molecular formula is C19H19FN4O4. The van der Waals surface area contributed by atoms with Gasteiger partial charge in [0.25, 0.3) is 5.91 Å². The minimum Gasteiger partial charge on any atom is -0.473 e. The van der Waals surface area contributed by atoms with Crippen molar-refractivity contribution >= 4 is 5.91 Å². The number of halogens is 1. The van der Waals surface area contributed by atoms with Crippen LogP contribution < -0.4 is 10.5 Å². The van der Waals surface area contributed by atoms with Gasteiger partial charge in [-0.3, -0.25) is 9.78 Å². The van der Waals surface area contributed by atoms with Crippen LogP contribution >= 0.6 is 0 Å². The Bertz CT molecular complexity index is 986. The van der Waals surface area contributed by atoms with Crippen molar-refractivity contribution in [1.82, 2.24) is 15.1 Å². The summed E-state index contributed by atoms with van der Waals surface area (Å²) < 4.78 is 23.8. The van der Waals surface area contributed by atoms with E-state index in [0.29, 0.717) is 22.6 Å². The van der Waals surface area contributed by atoms with Crippen molar-refractivity contribution in [3.8, 4) is 17.3 Å². The normalized spacial score (nSPS) is 11.4. The number of hydrogen-bond donors (Lipinski definition) is 2. The molecule has 0 aliphatic rings. The van der Waals surface area contributed by atoms with Gasteiger partial charge in [0.2, 0.25) is 5.88 Å². The molecule has 0 saturated carbocycles. The molecule has 0 aliphatic carbocycles. The molecule has 9 heteroatoms. The Balaban J connectivity index is 1.84. The number of pyridine rings is 2. The van der Waals surface area contributed by atoms with E-state index < -0.39 is 17.1 Å². The first kappa shape index (κ1) is 19.4. The maximum Gasteiger partial charge on any atom is 0.250 e. The number of nitrogens with two attached hydrogens (primary N) is 1. The van der Waals surface area contributed by atoms with Gasteiger partial charge in [-0.1, -0.05) is 19.0 Å². The maximum absolute atomic E-state index is 13.1. The predicted octanol–water partition coefficient (Wildman–Crippen LogP) is 2.22. The van der Waals surface area contributed by atoms with Crippen LogP contribution in [-0.4, -0.2) is 32.7 Å². The van der Waals surface area contributed by atoms with E-state index in [1.54, 1.807) is 13.8 Å². The number of ether oxygens (including phenoxy) is 1. The van der Waals surface area contributed by atoms with Crippen molar-refractivity contribution in [1.29, 1.82) is 0 Å². The Morgan fingerprint density at radius 3 is 2.75 bits per heavy atom. The summed E-state index contributed by atoms with van der Waals surface area (Å²) in [5.74, 6) is -0.858. The lowest BCUT2D eigenvalue weighted by molar-refractivity contribution is 0.0995. The third-order valence-corrected chi connectivity index (χ3v) is 4.16. The number of rotatable bonds is 7. The molecule has 0 atom stereocenters. The average Bonchev–Trinajstić information content (AvgIpc) is 3.15. The van der Waals surface area contributed by atoms with E-state index in [0.717, 1.165) is 6.20 Å². The van der Waals surface area contributed by atoms with Gasteiger partial charge < -0.3 is 20.1 Å². The molecule has 28 heavy (non-hydrogen) atoms. The van der Waals surface area contributed by atoms with Crippen LogP contribution in [0.1, 0.15) is 35.5 Å². The molecule has 3 aromatic heterocycles. The van der Waals surface area contributed by atoms with Gasteiger partial charge in [-0.15, -0.1) is 0 Å². The number of hydrogen-bond acceptors (Lipinski definition) is 7. The monoisotopic (exact) mass is 386 g/mol. The highest BCUT2D eigenvalue weighted by molar-refractivity contribution is 5.94. The molecule has 3 aromatic rings. The summed E-state index contributed by atoms with van der Waals surface area (Å²) in [6.45, 7) is 3.31. The van der Waals surface area contributed by atoms with Gasteiger partial charge in [-0.25, -0.2) is 9.37 Å². The maximum atomic E-state index is 13.1. The molecule has 146 valence electrons. The molecule has 3 rings (SSSR count). The summed E-state index contributed by atoms with van der Waals surface area (Å²) in [5.41, 5.74) is 6.62. The van der Waals surface area contributed by atoms with E-state index in [1.165, 1.54) is 30.5 Å². The third kappa shape index (κ3) is 3.99. The first-order chi connectivity index (χ1) is 13.3. The average molecular weight is 386 g/mol. The topological polar surface area (TPSA) is 124 Å². The molecule has 0 bridgehead atoms. The lowest BCUT2D eigenvalue weighted by atomic mass is 9.86. The molecule has 0 aromatic carbocycles. The van der Waals surface area contributed by atoms with E-state index >= 15 is 0 Å². The van der Waals surface area contributed by atoms with E-state index in [4.69, 9.17) is 15.0 Å². The molecule has 0 radical (unpaired) electrons. The molecule has 0 saturated heterocycles. The Morgan fingerprint density at radius 1 is 1.32 bits per heavy atom. The van der Waals surface area contributed by atoms with Crippen LogP contribution in [0, 0.1) is 5.82 Å². The Morgan fingerprint density at radius 2 is 2.11 bits per heavy atom. The molecule has 3 N–H and O–H groups in total. The zero-order valence-electron chi connectivity index (χ0n) is 15.3. The van der Waals surface area contributed by atoms with Gasteiger partial charge in [0.15, 0.2) is 0 Å². The summed E-state index contributed by atoms with van der Waals surface area (Å²) >= 11 is 0. The van der Waals surface area contributed by atoms with Crippen LogP contribution in [0.2, 0.25) is 0 Å². The van der Waals surface area contributed by atoms with Crippen LogP contribution in [0.5, 0.6) is 5.88 Å². The number of carbonyl (C=O) groups is 1. The Kier molecular flexibility index (Phi) is 5.36. The van der Waals surface area contributed by atoms with Gasteiger partial charge in [-0.05, 0) is 18.2 Å². The molecule has 0 unspecified atom stereocenters. The SMILES string of the molecule is CC(C)(CO)c1nc(OCc2conc2-c2ccc(F)cn2)ccc1C(N)=O. The van der Waals surface area contributed by atoms with Crippen LogP contribution in [0.4, 0.5) is 4.39 Å². The van der Waals surface area contributed by atoms with Crippen LogP contribution in [0.15, 0.2) is 41.2 Å². The number of carbonyl (C=O) groups excluding carboxylic acids is 1. The molecular weight excluding hydrogens is 367 g/mol. The second-order valence-corrected chi connectivity index (χ2v) is 6.79. The minimum absolute atomic E-state index is 0.0554. The Labute approximate surface area is 160 Å².